The summed E-state index contributed by atoms with van der Waals surface area (Å²) >= 11 is 0. The molecule has 31 heavy (non-hydrogen) atoms. The maximum atomic E-state index is 11.8. The molecule has 0 aliphatic rings. The van der Waals surface area contributed by atoms with Crippen LogP contribution in [0.5, 0.6) is 0 Å². The normalized spacial score (nSPS) is 11.4. The van der Waals surface area contributed by atoms with Gasteiger partial charge in [-0.2, -0.15) is 0 Å². The van der Waals surface area contributed by atoms with Crippen LogP contribution in [0, 0.1) is 0 Å². The summed E-state index contributed by atoms with van der Waals surface area (Å²) in [6, 6.07) is 0. The lowest BCUT2D eigenvalue weighted by atomic mass is 10.0. The Morgan fingerprint density at radius 2 is 0.645 bits per heavy atom. The van der Waals surface area contributed by atoms with E-state index in [1.165, 1.54) is 96.3 Å². The van der Waals surface area contributed by atoms with Gasteiger partial charge < -0.3 is 18.9 Å². The topological polar surface area (TPSA) is 36.9 Å². The van der Waals surface area contributed by atoms with Gasteiger partial charge in [-0.25, -0.2) is 4.39 Å². The quantitative estimate of drug-likeness (QED) is 0.118. The van der Waals surface area contributed by atoms with Gasteiger partial charge in [0.1, 0.15) is 6.67 Å². The molecule has 0 unspecified atom stereocenters. The second kappa shape index (κ2) is 29.8. The van der Waals surface area contributed by atoms with Crippen LogP contribution < -0.4 is 0 Å². The molecule has 0 atom stereocenters. The Kier molecular flexibility index (Phi) is 29.5. The number of unbranched alkanes of at least 4 members (excludes halogenated alkanes) is 15. The first kappa shape index (κ1) is 30.8. The van der Waals surface area contributed by atoms with E-state index in [4.69, 9.17) is 18.9 Å². The first-order valence-corrected chi connectivity index (χ1v) is 13.3. The maximum Gasteiger partial charge on any atom is 0.113 e. The molecule has 0 fully saturated rings. The van der Waals surface area contributed by atoms with E-state index in [9.17, 15) is 4.39 Å². The van der Waals surface area contributed by atoms with Crippen molar-refractivity contribution in [3.05, 3.63) is 0 Å². The van der Waals surface area contributed by atoms with Gasteiger partial charge in [0.2, 0.25) is 0 Å². The van der Waals surface area contributed by atoms with Gasteiger partial charge >= 0.3 is 0 Å². The van der Waals surface area contributed by atoms with E-state index >= 15 is 0 Å². The molecular formula is C26H53FO4. The van der Waals surface area contributed by atoms with E-state index in [0.717, 1.165) is 13.0 Å². The Hall–Kier alpha value is -0.230. The average molecular weight is 449 g/mol. The molecule has 0 radical (unpaired) electrons. The van der Waals surface area contributed by atoms with E-state index in [1.807, 2.05) is 0 Å². The van der Waals surface area contributed by atoms with Gasteiger partial charge in [-0.15, -0.1) is 0 Å². The number of hydrogen-bond donors (Lipinski definition) is 0. The summed E-state index contributed by atoms with van der Waals surface area (Å²) in [7, 11) is 0. The van der Waals surface area contributed by atoms with E-state index in [1.54, 1.807) is 0 Å². The first-order valence-electron chi connectivity index (χ1n) is 13.3. The monoisotopic (exact) mass is 448 g/mol. The van der Waals surface area contributed by atoms with Crippen LogP contribution in [-0.2, 0) is 18.9 Å². The Morgan fingerprint density at radius 1 is 0.355 bits per heavy atom. The molecule has 0 spiro atoms. The number of alkyl halides is 1. The largest absolute Gasteiger partial charge is 0.379 e. The van der Waals surface area contributed by atoms with Crippen LogP contribution >= 0.6 is 0 Å². The van der Waals surface area contributed by atoms with Crippen molar-refractivity contribution in [2.75, 3.05) is 59.5 Å². The molecule has 0 N–H and O–H groups in total. The molecule has 0 heterocycles. The highest BCUT2D eigenvalue weighted by molar-refractivity contribution is 4.50. The van der Waals surface area contributed by atoms with Gasteiger partial charge in [0.25, 0.3) is 0 Å². The summed E-state index contributed by atoms with van der Waals surface area (Å²) in [4.78, 5) is 0. The lowest BCUT2D eigenvalue weighted by molar-refractivity contribution is -0.00328. The molecule has 0 saturated heterocycles. The zero-order valence-corrected chi connectivity index (χ0v) is 20.7. The van der Waals surface area contributed by atoms with Crippen molar-refractivity contribution >= 4 is 0 Å². The van der Waals surface area contributed by atoms with Crippen LogP contribution in [0.25, 0.3) is 0 Å². The molecule has 188 valence electrons. The zero-order chi connectivity index (χ0) is 22.5. The minimum Gasteiger partial charge on any atom is -0.379 e. The first-order chi connectivity index (χ1) is 15.4. The molecule has 0 aromatic rings. The second-order valence-electron chi connectivity index (χ2n) is 8.44. The van der Waals surface area contributed by atoms with Gasteiger partial charge in [0, 0.05) is 6.61 Å². The third-order valence-electron chi connectivity index (χ3n) is 5.48. The molecule has 5 heteroatoms. The van der Waals surface area contributed by atoms with Crippen LogP contribution in [0.1, 0.15) is 110 Å². The highest BCUT2D eigenvalue weighted by Gasteiger charge is 1.96. The fraction of sp³-hybridized carbons (Fsp3) is 1.00. The Bertz CT molecular complexity index is 277. The molecule has 0 aromatic carbocycles. The molecule has 0 bridgehead atoms. The Labute approximate surface area is 192 Å². The number of halogens is 1. The maximum absolute atomic E-state index is 11.8. The van der Waals surface area contributed by atoms with E-state index in [-0.39, 0.29) is 6.61 Å². The molecule has 0 aliphatic heterocycles. The predicted molar refractivity (Wildman–Crippen MR) is 129 cm³/mol. The Balaban J connectivity index is 2.98. The van der Waals surface area contributed by atoms with Crippen molar-refractivity contribution in [2.45, 2.75) is 110 Å². The molecule has 0 saturated carbocycles. The smallest absolute Gasteiger partial charge is 0.113 e. The van der Waals surface area contributed by atoms with E-state index in [2.05, 4.69) is 6.92 Å². The van der Waals surface area contributed by atoms with Crippen LogP contribution in [0.2, 0.25) is 0 Å². The van der Waals surface area contributed by atoms with Gasteiger partial charge in [-0.05, 0) is 6.42 Å². The number of rotatable bonds is 28. The van der Waals surface area contributed by atoms with Crippen molar-refractivity contribution in [3.63, 3.8) is 0 Å². The highest BCUT2D eigenvalue weighted by Crippen LogP contribution is 2.13. The average Bonchev–Trinajstić information content (AvgIpc) is 2.78. The number of hydrogen-bond acceptors (Lipinski definition) is 4. The van der Waals surface area contributed by atoms with Crippen molar-refractivity contribution in [1.29, 1.82) is 0 Å². The number of ether oxygens (including phenoxy) is 4. The van der Waals surface area contributed by atoms with Gasteiger partial charge in [-0.3, -0.25) is 0 Å². The highest BCUT2D eigenvalue weighted by atomic mass is 19.1. The summed E-state index contributed by atoms with van der Waals surface area (Å²) < 4.78 is 33.1. The molecule has 0 aromatic heterocycles. The molecule has 4 nitrogen and oxygen atoms in total. The summed E-state index contributed by atoms with van der Waals surface area (Å²) in [6.45, 7) is 6.12. The van der Waals surface area contributed by atoms with E-state index in [0.29, 0.717) is 39.6 Å². The summed E-state index contributed by atoms with van der Waals surface area (Å²) in [6.07, 6.45) is 22.3. The van der Waals surface area contributed by atoms with E-state index < -0.39 is 6.67 Å². The van der Waals surface area contributed by atoms with Gasteiger partial charge in [-0.1, -0.05) is 103 Å². The molecule has 0 rings (SSSR count). The molecule has 0 amide bonds. The predicted octanol–water partition coefficient (Wildman–Crippen LogP) is 7.28. The molecule has 0 aliphatic carbocycles. The van der Waals surface area contributed by atoms with Crippen LogP contribution in [0.4, 0.5) is 4.39 Å². The fourth-order valence-electron chi connectivity index (χ4n) is 3.57. The SMILES string of the molecule is CCCCCCCCCCCCCCCCCCOCCOCCOCCOCCF. The van der Waals surface area contributed by atoms with Crippen molar-refractivity contribution < 1.29 is 23.3 Å². The van der Waals surface area contributed by atoms with Crippen molar-refractivity contribution in [3.8, 4) is 0 Å². The fourth-order valence-corrected chi connectivity index (χ4v) is 3.57. The van der Waals surface area contributed by atoms with Crippen LogP contribution in [0.3, 0.4) is 0 Å². The summed E-state index contributed by atoms with van der Waals surface area (Å²) in [5.74, 6) is 0. The lowest BCUT2D eigenvalue weighted by Crippen LogP contribution is -2.12. The van der Waals surface area contributed by atoms with Crippen LogP contribution in [-0.4, -0.2) is 59.5 Å². The Morgan fingerprint density at radius 3 is 1.00 bits per heavy atom. The minimum atomic E-state index is -0.442. The van der Waals surface area contributed by atoms with Crippen molar-refractivity contribution in [1.82, 2.24) is 0 Å². The standard InChI is InChI=1S/C26H53FO4/c1-2-3-4-5-6-7-8-9-10-11-12-13-14-15-16-17-19-28-21-23-30-25-26-31-24-22-29-20-18-27/h2-26H2,1H3. The van der Waals surface area contributed by atoms with Gasteiger partial charge in [0.05, 0.1) is 46.2 Å². The lowest BCUT2D eigenvalue weighted by Gasteiger charge is -2.07. The molecular weight excluding hydrogens is 395 g/mol. The van der Waals surface area contributed by atoms with Crippen molar-refractivity contribution in [2.24, 2.45) is 0 Å². The van der Waals surface area contributed by atoms with Crippen LogP contribution in [0.15, 0.2) is 0 Å². The third kappa shape index (κ3) is 29.8. The zero-order valence-electron chi connectivity index (χ0n) is 20.7. The minimum absolute atomic E-state index is 0.149. The second-order valence-corrected chi connectivity index (χ2v) is 8.44. The third-order valence-corrected chi connectivity index (χ3v) is 5.48. The van der Waals surface area contributed by atoms with Gasteiger partial charge in [0.15, 0.2) is 0 Å². The summed E-state index contributed by atoms with van der Waals surface area (Å²) in [5, 5.41) is 0. The summed E-state index contributed by atoms with van der Waals surface area (Å²) in [5.41, 5.74) is 0.